The predicted molar refractivity (Wildman–Crippen MR) is 64.3 cm³/mol. The van der Waals surface area contributed by atoms with Gasteiger partial charge in [0, 0.05) is 6.07 Å². The molecule has 0 unspecified atom stereocenters. The van der Waals surface area contributed by atoms with Crippen LogP contribution in [-0.2, 0) is 0 Å². The van der Waals surface area contributed by atoms with Crippen molar-refractivity contribution in [3.63, 3.8) is 0 Å². The lowest BCUT2D eigenvalue weighted by molar-refractivity contribution is -0.274. The van der Waals surface area contributed by atoms with Crippen molar-refractivity contribution in [1.29, 1.82) is 0 Å². The number of hydrogen-bond acceptors (Lipinski definition) is 3. The Morgan fingerprint density at radius 2 is 1.79 bits per heavy atom. The molecule has 106 valence electrons. The van der Waals surface area contributed by atoms with Crippen molar-refractivity contribution >= 4 is 0 Å². The number of rotatable bonds is 3. The van der Waals surface area contributed by atoms with E-state index < -0.39 is 6.36 Å². The Morgan fingerprint density at radius 1 is 1.16 bits per heavy atom. The molecule has 19 heavy (non-hydrogen) atoms. The molecule has 1 heterocycles. The normalized spacial score (nSPS) is 18.9. The molecular formula is C13H16F3NO2. The number of piperidine rings is 1. The second-order valence-corrected chi connectivity index (χ2v) is 4.82. The van der Waals surface area contributed by atoms with Gasteiger partial charge in [-0.1, -0.05) is 6.07 Å². The Morgan fingerprint density at radius 3 is 2.42 bits per heavy atom. The molecule has 0 spiro atoms. The van der Waals surface area contributed by atoms with Crippen molar-refractivity contribution < 1.29 is 22.6 Å². The first-order chi connectivity index (χ1) is 8.86. The van der Waals surface area contributed by atoms with Crippen LogP contribution in [0.15, 0.2) is 24.3 Å². The molecule has 1 aromatic rings. The van der Waals surface area contributed by atoms with Crippen molar-refractivity contribution in [3.05, 3.63) is 24.3 Å². The largest absolute Gasteiger partial charge is 0.573 e. The number of hydrogen-bond donors (Lipinski definition) is 1. The van der Waals surface area contributed by atoms with Gasteiger partial charge in [0.1, 0.15) is 17.1 Å². The Kier molecular flexibility index (Phi) is 3.89. The predicted octanol–water partition coefficient (Wildman–Crippen LogP) is 3.11. The van der Waals surface area contributed by atoms with Crippen molar-refractivity contribution in [2.24, 2.45) is 0 Å². The molecule has 0 atom stereocenters. The van der Waals surface area contributed by atoms with E-state index >= 15 is 0 Å². The zero-order valence-electron chi connectivity index (χ0n) is 10.6. The SMILES string of the molecule is CC1(Oc2cccc(OC(F)(F)F)c2)CCNCC1. The molecule has 0 amide bonds. The molecule has 0 bridgehead atoms. The molecule has 1 saturated heterocycles. The first kappa shape index (κ1) is 14.0. The second kappa shape index (κ2) is 5.28. The third-order valence-corrected chi connectivity index (χ3v) is 3.06. The van der Waals surface area contributed by atoms with Gasteiger partial charge < -0.3 is 14.8 Å². The zero-order chi connectivity index (χ0) is 13.9. The third-order valence-electron chi connectivity index (χ3n) is 3.06. The highest BCUT2D eigenvalue weighted by Crippen LogP contribution is 2.30. The van der Waals surface area contributed by atoms with Gasteiger partial charge in [0.15, 0.2) is 0 Å². The van der Waals surface area contributed by atoms with Crippen LogP contribution in [0.25, 0.3) is 0 Å². The van der Waals surface area contributed by atoms with E-state index in [1.165, 1.54) is 18.2 Å². The lowest BCUT2D eigenvalue weighted by Crippen LogP contribution is -2.43. The number of ether oxygens (including phenoxy) is 2. The number of nitrogens with one attached hydrogen (secondary N) is 1. The quantitative estimate of drug-likeness (QED) is 0.919. The van der Waals surface area contributed by atoms with Crippen molar-refractivity contribution in [1.82, 2.24) is 5.32 Å². The minimum atomic E-state index is -4.68. The molecule has 1 aliphatic heterocycles. The maximum Gasteiger partial charge on any atom is 0.573 e. The fraction of sp³-hybridized carbons (Fsp3) is 0.538. The van der Waals surface area contributed by atoms with E-state index in [2.05, 4.69) is 10.1 Å². The molecular weight excluding hydrogens is 259 g/mol. The van der Waals surface area contributed by atoms with Gasteiger partial charge in [0.25, 0.3) is 0 Å². The first-order valence-electron chi connectivity index (χ1n) is 6.12. The Hall–Kier alpha value is -1.43. The number of halogens is 3. The zero-order valence-corrected chi connectivity index (χ0v) is 10.6. The highest BCUT2D eigenvalue weighted by Gasteiger charge is 2.32. The minimum Gasteiger partial charge on any atom is -0.487 e. The van der Waals surface area contributed by atoms with Gasteiger partial charge in [-0.2, -0.15) is 0 Å². The van der Waals surface area contributed by atoms with Crippen LogP contribution < -0.4 is 14.8 Å². The molecule has 0 saturated carbocycles. The topological polar surface area (TPSA) is 30.5 Å². The molecule has 3 nitrogen and oxygen atoms in total. The Bertz CT molecular complexity index is 428. The average Bonchev–Trinajstić information content (AvgIpc) is 2.27. The molecule has 0 radical (unpaired) electrons. The monoisotopic (exact) mass is 275 g/mol. The van der Waals surface area contributed by atoms with Gasteiger partial charge in [-0.25, -0.2) is 0 Å². The van der Waals surface area contributed by atoms with Crippen LogP contribution >= 0.6 is 0 Å². The van der Waals surface area contributed by atoms with Crippen LogP contribution in [0.3, 0.4) is 0 Å². The van der Waals surface area contributed by atoms with Crippen LogP contribution in [0, 0.1) is 0 Å². The van der Waals surface area contributed by atoms with Crippen LogP contribution in [-0.4, -0.2) is 25.1 Å². The van der Waals surface area contributed by atoms with Crippen molar-refractivity contribution in [3.8, 4) is 11.5 Å². The Balaban J connectivity index is 2.06. The van der Waals surface area contributed by atoms with E-state index in [0.717, 1.165) is 25.9 Å². The fourth-order valence-corrected chi connectivity index (χ4v) is 2.08. The lowest BCUT2D eigenvalue weighted by atomic mass is 9.94. The molecule has 0 aliphatic carbocycles. The summed E-state index contributed by atoms with van der Waals surface area (Å²) in [6.07, 6.45) is -3.05. The van der Waals surface area contributed by atoms with Crippen molar-refractivity contribution in [2.45, 2.75) is 31.7 Å². The van der Waals surface area contributed by atoms with Crippen LogP contribution in [0.1, 0.15) is 19.8 Å². The average molecular weight is 275 g/mol. The summed E-state index contributed by atoms with van der Waals surface area (Å²) >= 11 is 0. The van der Waals surface area contributed by atoms with Crippen LogP contribution in [0.5, 0.6) is 11.5 Å². The van der Waals surface area contributed by atoms with Crippen LogP contribution in [0.2, 0.25) is 0 Å². The standard InChI is InChI=1S/C13H16F3NO2/c1-12(5-7-17-8-6-12)18-10-3-2-4-11(9-10)19-13(14,15)16/h2-4,9,17H,5-8H2,1H3. The van der Waals surface area contributed by atoms with Crippen molar-refractivity contribution in [2.75, 3.05) is 13.1 Å². The summed E-state index contributed by atoms with van der Waals surface area (Å²) in [5.74, 6) is 0.133. The summed E-state index contributed by atoms with van der Waals surface area (Å²) in [6.45, 7) is 3.65. The summed E-state index contributed by atoms with van der Waals surface area (Å²) in [6, 6.07) is 5.64. The maximum absolute atomic E-state index is 12.1. The van der Waals surface area contributed by atoms with Crippen LogP contribution in [0.4, 0.5) is 13.2 Å². The minimum absolute atomic E-state index is 0.262. The smallest absolute Gasteiger partial charge is 0.487 e. The van der Waals surface area contributed by atoms with E-state index in [4.69, 9.17) is 4.74 Å². The van der Waals surface area contributed by atoms with Gasteiger partial charge in [-0.15, -0.1) is 13.2 Å². The van der Waals surface area contributed by atoms with Gasteiger partial charge in [0.05, 0.1) is 0 Å². The van der Waals surface area contributed by atoms with Gasteiger partial charge in [-0.3, -0.25) is 0 Å². The van der Waals surface area contributed by atoms with Gasteiger partial charge in [-0.05, 0) is 45.0 Å². The summed E-state index contributed by atoms with van der Waals surface area (Å²) in [5.41, 5.74) is -0.345. The number of benzene rings is 1. The van der Waals surface area contributed by atoms with E-state index in [-0.39, 0.29) is 11.4 Å². The molecule has 1 aliphatic rings. The first-order valence-corrected chi connectivity index (χ1v) is 6.12. The highest BCUT2D eigenvalue weighted by molar-refractivity contribution is 5.33. The third kappa shape index (κ3) is 4.31. The highest BCUT2D eigenvalue weighted by atomic mass is 19.4. The molecule has 6 heteroatoms. The molecule has 1 fully saturated rings. The molecule has 0 aromatic heterocycles. The van der Waals surface area contributed by atoms with E-state index in [9.17, 15) is 13.2 Å². The maximum atomic E-state index is 12.1. The molecule has 2 rings (SSSR count). The van der Waals surface area contributed by atoms with E-state index in [0.29, 0.717) is 5.75 Å². The number of alkyl halides is 3. The van der Waals surface area contributed by atoms with Gasteiger partial charge in [0.2, 0.25) is 0 Å². The molecule has 1 N–H and O–H groups in total. The summed E-state index contributed by atoms with van der Waals surface area (Å²) < 4.78 is 46.1. The summed E-state index contributed by atoms with van der Waals surface area (Å²) in [5, 5.41) is 3.21. The van der Waals surface area contributed by atoms with E-state index in [1.807, 2.05) is 6.92 Å². The molecule has 1 aromatic carbocycles. The van der Waals surface area contributed by atoms with E-state index in [1.54, 1.807) is 6.07 Å². The lowest BCUT2D eigenvalue weighted by Gasteiger charge is -2.34. The van der Waals surface area contributed by atoms with Gasteiger partial charge >= 0.3 is 6.36 Å². The Labute approximate surface area is 109 Å². The second-order valence-electron chi connectivity index (χ2n) is 4.82. The fourth-order valence-electron chi connectivity index (χ4n) is 2.08. The summed E-state index contributed by atoms with van der Waals surface area (Å²) in [7, 11) is 0. The summed E-state index contributed by atoms with van der Waals surface area (Å²) in [4.78, 5) is 0.